The van der Waals surface area contributed by atoms with E-state index in [-0.39, 0.29) is 46.9 Å². The number of unbranched alkanes of at least 4 members (excludes halogenated alkanes) is 12. The monoisotopic (exact) mass is 936 g/mol. The van der Waals surface area contributed by atoms with Crippen LogP contribution in [0.1, 0.15) is 135 Å². The summed E-state index contributed by atoms with van der Waals surface area (Å²) in [5.74, 6) is -5.51. The Balaban J connectivity index is 1.64. The van der Waals surface area contributed by atoms with Gasteiger partial charge in [0, 0.05) is 38.1 Å². The lowest BCUT2D eigenvalue weighted by atomic mass is 9.93. The van der Waals surface area contributed by atoms with Crippen LogP contribution in [0.15, 0.2) is 36.4 Å². The van der Waals surface area contributed by atoms with E-state index >= 15 is 0 Å². The summed E-state index contributed by atoms with van der Waals surface area (Å²) >= 11 is 0. The summed E-state index contributed by atoms with van der Waals surface area (Å²) in [5, 5.41) is 44.5. The highest BCUT2D eigenvalue weighted by atomic mass is 16.3. The van der Waals surface area contributed by atoms with Gasteiger partial charge in [-0.25, -0.2) is 0 Å². The summed E-state index contributed by atoms with van der Waals surface area (Å²) in [6, 6.07) is 1.09. The number of benzene rings is 2. The number of hydrogen-bond acceptors (Lipinski definition) is 11. The van der Waals surface area contributed by atoms with Crippen LogP contribution in [0.5, 0.6) is 11.5 Å². The number of nitrogens with zero attached hydrogens (tertiary/aromatic N) is 2. The molecule has 3 rings (SSSR count). The van der Waals surface area contributed by atoms with Gasteiger partial charge in [-0.3, -0.25) is 33.6 Å². The number of amides is 7. The first-order valence-electron chi connectivity index (χ1n) is 23.7. The van der Waals surface area contributed by atoms with Gasteiger partial charge in [0.05, 0.1) is 19.2 Å². The van der Waals surface area contributed by atoms with Gasteiger partial charge in [-0.15, -0.1) is 0 Å². The second kappa shape index (κ2) is 28.2. The van der Waals surface area contributed by atoms with Gasteiger partial charge in [0.25, 0.3) is 0 Å². The van der Waals surface area contributed by atoms with Crippen LogP contribution in [0.2, 0.25) is 0 Å². The van der Waals surface area contributed by atoms with E-state index < -0.39 is 84.8 Å². The Kier molecular flexibility index (Phi) is 23.3. The van der Waals surface area contributed by atoms with E-state index in [1.54, 1.807) is 0 Å². The lowest BCUT2D eigenvalue weighted by Gasteiger charge is -2.30. The number of likely N-dealkylation sites (N-methyl/N-ethyl adjacent to an activating group) is 2. The summed E-state index contributed by atoms with van der Waals surface area (Å²) in [5.41, 5.74) is 0.805. The van der Waals surface area contributed by atoms with Gasteiger partial charge in [0.15, 0.2) is 0 Å². The lowest BCUT2D eigenvalue weighted by Crippen LogP contribution is -2.56. The highest BCUT2D eigenvalue weighted by molar-refractivity contribution is 5.97. The molecular formula is C49H73N7O11. The zero-order valence-electron chi connectivity index (χ0n) is 40.0. The molecule has 1 unspecified atom stereocenters. The molecule has 0 radical (unpaired) electrons. The maximum atomic E-state index is 14.1. The zero-order valence-corrected chi connectivity index (χ0v) is 40.0. The number of rotatable bonds is 25. The van der Waals surface area contributed by atoms with Crippen LogP contribution >= 0.6 is 0 Å². The molecule has 0 aliphatic carbocycles. The van der Waals surface area contributed by atoms with Gasteiger partial charge < -0.3 is 56.5 Å². The molecule has 0 saturated carbocycles. The Bertz CT molecular complexity index is 2010. The fraction of sp³-hybridized carbons (Fsp3) is 0.592. The van der Waals surface area contributed by atoms with E-state index in [0.717, 1.165) is 24.2 Å². The van der Waals surface area contributed by atoms with Crippen molar-refractivity contribution < 1.29 is 53.7 Å². The standard InChI is InChI=1S/C49H73N7O11/c1-7-8-9-10-11-12-13-14-15-16-17-18-19-20-42(61)55(5)39(30-58)48(66)52-32(3)45(63)50-28-43(62)56(6)44-35-22-24-41(60)37(27-35)36-25-34(21-23-40(36)59)26-38(47(65)51-31(2)29-57)54-46(64)33(4)53-49(44)67/h21-25,27,29,31-33,38-39,44,58-60H,7-20,26,28,30H2,1-6H3,(H,50,63)(H,51,65)(H,52,66)(H,53,67)(H,54,64)/t31?,32-,33+,38+,39-,44+/m1/s1. The van der Waals surface area contributed by atoms with Gasteiger partial charge in [0.1, 0.15) is 48.0 Å². The van der Waals surface area contributed by atoms with Gasteiger partial charge >= 0.3 is 0 Å². The maximum Gasteiger partial charge on any atom is 0.248 e. The number of carbonyl (C=O) groups excluding carboxylic acids is 8. The van der Waals surface area contributed by atoms with Crippen LogP contribution in [0, 0.1) is 0 Å². The third kappa shape index (κ3) is 17.3. The number of hydrogen-bond donors (Lipinski definition) is 8. The van der Waals surface area contributed by atoms with Crippen molar-refractivity contribution in [3.63, 3.8) is 0 Å². The van der Waals surface area contributed by atoms with Crippen LogP contribution in [0.25, 0.3) is 11.1 Å². The Labute approximate surface area is 394 Å². The minimum atomic E-state index is -1.48. The molecule has 8 N–H and O–H groups in total. The van der Waals surface area contributed by atoms with E-state index in [9.17, 15) is 53.7 Å². The fourth-order valence-electron chi connectivity index (χ4n) is 7.86. The number of aliphatic hydroxyl groups is 1. The number of aromatic hydroxyl groups is 2. The van der Waals surface area contributed by atoms with Crippen LogP contribution < -0.4 is 26.6 Å². The molecule has 6 atom stereocenters. The number of phenolic OH excluding ortho intramolecular Hbond substituents is 2. The molecule has 0 spiro atoms. The van der Waals surface area contributed by atoms with E-state index in [4.69, 9.17) is 0 Å². The quantitative estimate of drug-likeness (QED) is 0.0528. The molecule has 1 aliphatic heterocycles. The van der Waals surface area contributed by atoms with E-state index in [1.165, 1.54) is 134 Å². The van der Waals surface area contributed by atoms with Crippen molar-refractivity contribution in [3.8, 4) is 22.6 Å². The number of nitrogens with one attached hydrogen (secondary N) is 5. The number of aliphatic hydroxyl groups excluding tert-OH is 1. The smallest absolute Gasteiger partial charge is 0.248 e. The summed E-state index contributed by atoms with van der Waals surface area (Å²) < 4.78 is 0. The summed E-state index contributed by atoms with van der Waals surface area (Å²) in [7, 11) is 2.71. The third-order valence-electron chi connectivity index (χ3n) is 12.1. The molecule has 2 aromatic rings. The zero-order chi connectivity index (χ0) is 49.6. The maximum absolute atomic E-state index is 14.1. The fourth-order valence-corrected chi connectivity index (χ4v) is 7.86. The minimum absolute atomic E-state index is 0.0752. The summed E-state index contributed by atoms with van der Waals surface area (Å²) in [6.07, 6.45) is 15.7. The molecule has 0 fully saturated rings. The van der Waals surface area contributed by atoms with Crippen LogP contribution in [-0.2, 0) is 44.8 Å². The second-order valence-corrected chi connectivity index (χ2v) is 17.6. The first kappa shape index (κ1) is 55.3. The van der Waals surface area contributed by atoms with Gasteiger partial charge in [-0.1, -0.05) is 96.1 Å². The van der Waals surface area contributed by atoms with Crippen molar-refractivity contribution >= 4 is 47.6 Å². The molecule has 18 nitrogen and oxygen atoms in total. The molecule has 0 saturated heterocycles. The van der Waals surface area contributed by atoms with E-state index in [0.29, 0.717) is 18.3 Å². The molecule has 0 aromatic heterocycles. The lowest BCUT2D eigenvalue weighted by molar-refractivity contribution is -0.142. The Morgan fingerprint density at radius 3 is 1.91 bits per heavy atom. The number of aldehydes is 1. The van der Waals surface area contributed by atoms with Gasteiger partial charge in [-0.05, 0) is 62.6 Å². The predicted octanol–water partition coefficient (Wildman–Crippen LogP) is 3.44. The first-order valence-corrected chi connectivity index (χ1v) is 23.7. The normalized spacial score (nSPS) is 17.3. The predicted molar refractivity (Wildman–Crippen MR) is 252 cm³/mol. The molecule has 370 valence electrons. The number of carbonyl (C=O) groups is 8. The van der Waals surface area contributed by atoms with Crippen molar-refractivity contribution in [1.29, 1.82) is 0 Å². The van der Waals surface area contributed by atoms with Crippen LogP contribution in [0.3, 0.4) is 0 Å². The second-order valence-electron chi connectivity index (χ2n) is 17.6. The summed E-state index contributed by atoms with van der Waals surface area (Å²) in [4.78, 5) is 107. The SMILES string of the molecule is CCCCCCCCCCCCCCCC(=O)N(C)[C@H](CO)C(=O)N[C@H](C)C(=O)NCC(=O)N(C)[C@@H]1C(=O)N[C@@H](C)C(=O)N[C@H](C(=O)NC(C)C=O)Cc2ccc(O)c(c2)-c2cc1ccc2O. The highest BCUT2D eigenvalue weighted by Gasteiger charge is 2.34. The van der Waals surface area contributed by atoms with E-state index in [2.05, 4.69) is 33.5 Å². The molecule has 1 heterocycles. The van der Waals surface area contributed by atoms with Crippen LogP contribution in [-0.4, -0.2) is 130 Å². The molecule has 2 aromatic carbocycles. The number of fused-ring (bicyclic) bond motifs is 5. The number of phenols is 2. The van der Waals surface area contributed by atoms with Crippen molar-refractivity contribution in [2.75, 3.05) is 27.2 Å². The topological polar surface area (TPSA) is 264 Å². The van der Waals surface area contributed by atoms with Crippen molar-refractivity contribution in [1.82, 2.24) is 36.4 Å². The average molecular weight is 936 g/mol. The largest absolute Gasteiger partial charge is 0.507 e. The third-order valence-corrected chi connectivity index (χ3v) is 12.1. The average Bonchev–Trinajstić information content (AvgIpc) is 3.30. The first-order chi connectivity index (χ1) is 31.9. The van der Waals surface area contributed by atoms with E-state index in [1.807, 2.05) is 0 Å². The molecule has 1 aliphatic rings. The van der Waals surface area contributed by atoms with Gasteiger partial charge in [0.2, 0.25) is 41.4 Å². The Morgan fingerprint density at radius 1 is 0.761 bits per heavy atom. The Hall–Kier alpha value is -6.04. The van der Waals surface area contributed by atoms with Crippen molar-refractivity contribution in [2.45, 2.75) is 160 Å². The van der Waals surface area contributed by atoms with Crippen LogP contribution in [0.4, 0.5) is 0 Å². The molecule has 18 heteroatoms. The molecular weight excluding hydrogens is 863 g/mol. The highest BCUT2D eigenvalue weighted by Crippen LogP contribution is 2.38. The molecule has 67 heavy (non-hydrogen) atoms. The van der Waals surface area contributed by atoms with Gasteiger partial charge in [-0.2, -0.15) is 0 Å². The molecule has 7 amide bonds. The molecule has 4 bridgehead atoms. The summed E-state index contributed by atoms with van der Waals surface area (Å²) in [6.45, 7) is 5.07. The minimum Gasteiger partial charge on any atom is -0.507 e. The Morgan fingerprint density at radius 2 is 1.33 bits per heavy atom. The van der Waals surface area contributed by atoms with Crippen molar-refractivity contribution in [3.05, 3.63) is 47.5 Å². The van der Waals surface area contributed by atoms with Crippen molar-refractivity contribution in [2.24, 2.45) is 0 Å².